The molecular formula is C19H25FO7. The van der Waals surface area contributed by atoms with Crippen molar-refractivity contribution in [2.24, 2.45) is 5.41 Å². The van der Waals surface area contributed by atoms with Gasteiger partial charge in [-0.05, 0) is 39.8 Å². The molecule has 1 aromatic carbocycles. The van der Waals surface area contributed by atoms with Crippen LogP contribution in [-0.4, -0.2) is 54.6 Å². The first-order valence-corrected chi connectivity index (χ1v) is 8.56. The molecule has 0 saturated carbocycles. The second-order valence-corrected chi connectivity index (χ2v) is 7.44. The average molecular weight is 384 g/mol. The smallest absolute Gasteiger partial charge is 0.359 e. The predicted octanol–water partition coefficient (Wildman–Crippen LogP) is 2.22. The van der Waals surface area contributed by atoms with E-state index >= 15 is 0 Å². The molecule has 0 unspecified atom stereocenters. The van der Waals surface area contributed by atoms with Crippen LogP contribution in [0, 0.1) is 5.41 Å². The Morgan fingerprint density at radius 3 is 2.26 bits per heavy atom. The molecule has 1 N–H and O–H groups in total. The number of halogens is 1. The van der Waals surface area contributed by atoms with E-state index in [9.17, 15) is 19.1 Å². The maximum atomic E-state index is 14.6. The number of hydrogen-bond acceptors (Lipinski definition) is 7. The van der Waals surface area contributed by atoms with Gasteiger partial charge in [-0.3, -0.25) is 4.79 Å². The second-order valence-electron chi connectivity index (χ2n) is 7.44. The Kier molecular flexibility index (Phi) is 6.24. The van der Waals surface area contributed by atoms with E-state index in [1.54, 1.807) is 51.1 Å². The molecule has 1 saturated heterocycles. The number of benzene rings is 1. The van der Waals surface area contributed by atoms with Gasteiger partial charge < -0.3 is 24.1 Å². The summed E-state index contributed by atoms with van der Waals surface area (Å²) >= 11 is 0. The fourth-order valence-corrected chi connectivity index (χ4v) is 2.66. The minimum atomic E-state index is -3.29. The van der Waals surface area contributed by atoms with E-state index in [0.29, 0.717) is 0 Å². The topological polar surface area (TPSA) is 91.3 Å². The van der Waals surface area contributed by atoms with Crippen LogP contribution in [0.1, 0.15) is 38.1 Å². The number of carbonyl (C=O) groups excluding carboxylic acids is 2. The van der Waals surface area contributed by atoms with E-state index in [1.807, 2.05) is 0 Å². The van der Waals surface area contributed by atoms with Crippen LogP contribution in [0.5, 0.6) is 0 Å². The van der Waals surface area contributed by atoms with Crippen molar-refractivity contribution in [2.75, 3.05) is 7.11 Å². The van der Waals surface area contributed by atoms with Gasteiger partial charge in [0.1, 0.15) is 12.2 Å². The van der Waals surface area contributed by atoms with Crippen molar-refractivity contribution in [1.29, 1.82) is 0 Å². The van der Waals surface area contributed by atoms with Crippen LogP contribution in [0.4, 0.5) is 4.39 Å². The summed E-state index contributed by atoms with van der Waals surface area (Å²) in [6.45, 7) is 6.15. The Hall–Kier alpha value is -2.03. The number of rotatable bonds is 4. The molecule has 1 aliphatic rings. The minimum absolute atomic E-state index is 0.281. The highest BCUT2D eigenvalue weighted by molar-refractivity contribution is 5.89. The molecule has 0 spiro atoms. The standard InChI is InChI=1S/C19H25FO7/c1-11-13(25-16(21)12-9-7-6-8-10-12)14(24-5)15(19(20,23)27-11)26-17(22)18(2,3)4/h6-11,13-15,23H,1-5H3/t11-,13-,14+,15-,19+/m1/s1. The zero-order valence-electron chi connectivity index (χ0n) is 16.0. The van der Waals surface area contributed by atoms with E-state index in [4.69, 9.17) is 18.9 Å². The van der Waals surface area contributed by atoms with Gasteiger partial charge in [0.15, 0.2) is 6.10 Å². The van der Waals surface area contributed by atoms with Gasteiger partial charge in [-0.15, -0.1) is 0 Å². The molecule has 27 heavy (non-hydrogen) atoms. The summed E-state index contributed by atoms with van der Waals surface area (Å²) in [7, 11) is 1.24. The first-order chi connectivity index (χ1) is 12.5. The predicted molar refractivity (Wildman–Crippen MR) is 92.4 cm³/mol. The Balaban J connectivity index is 2.26. The molecule has 0 aromatic heterocycles. The lowest BCUT2D eigenvalue weighted by molar-refractivity contribution is -0.400. The third-order valence-electron chi connectivity index (χ3n) is 4.16. The third-order valence-corrected chi connectivity index (χ3v) is 4.16. The molecule has 0 bridgehead atoms. The summed E-state index contributed by atoms with van der Waals surface area (Å²) in [5.41, 5.74) is -0.669. The average Bonchev–Trinajstić information content (AvgIpc) is 2.58. The SMILES string of the molecule is CO[C@H]1[C@H](OC(=O)c2ccccc2)[C@@H](C)O[C@](O)(F)[C@@H]1OC(=O)C(C)(C)C. The van der Waals surface area contributed by atoms with Gasteiger partial charge in [0.05, 0.1) is 11.0 Å². The Bertz CT molecular complexity index is 668. The van der Waals surface area contributed by atoms with Crippen molar-refractivity contribution in [3.05, 3.63) is 35.9 Å². The van der Waals surface area contributed by atoms with Crippen LogP contribution in [0.15, 0.2) is 30.3 Å². The first kappa shape index (κ1) is 21.3. The molecule has 1 aliphatic heterocycles. The number of hydrogen-bond donors (Lipinski definition) is 1. The summed E-state index contributed by atoms with van der Waals surface area (Å²) in [5.74, 6) is -1.44. The second kappa shape index (κ2) is 7.92. The Morgan fingerprint density at radius 2 is 1.74 bits per heavy atom. The largest absolute Gasteiger partial charge is 0.453 e. The fraction of sp³-hybridized carbons (Fsp3) is 0.579. The molecule has 0 aliphatic carbocycles. The third kappa shape index (κ3) is 4.82. The van der Waals surface area contributed by atoms with Gasteiger partial charge in [-0.25, -0.2) is 4.79 Å². The van der Waals surface area contributed by atoms with Crippen molar-refractivity contribution < 1.29 is 38.0 Å². The number of methoxy groups -OCH3 is 1. The summed E-state index contributed by atoms with van der Waals surface area (Å²) < 4.78 is 35.4. The van der Waals surface area contributed by atoms with Crippen LogP contribution >= 0.6 is 0 Å². The quantitative estimate of drug-likeness (QED) is 0.796. The summed E-state index contributed by atoms with van der Waals surface area (Å²) in [6, 6.07) is 4.89. The number of alkyl halides is 1. The van der Waals surface area contributed by atoms with Gasteiger partial charge in [-0.2, -0.15) is 4.39 Å². The fourth-order valence-electron chi connectivity index (χ4n) is 2.66. The van der Waals surface area contributed by atoms with Gasteiger partial charge in [0, 0.05) is 7.11 Å². The maximum Gasteiger partial charge on any atom is 0.359 e. The number of aliphatic hydroxyl groups is 1. The van der Waals surface area contributed by atoms with Gasteiger partial charge >= 0.3 is 18.0 Å². The minimum Gasteiger partial charge on any atom is -0.453 e. The number of ether oxygens (including phenoxy) is 4. The van der Waals surface area contributed by atoms with Gasteiger partial charge in [-0.1, -0.05) is 18.2 Å². The summed E-state index contributed by atoms with van der Waals surface area (Å²) in [4.78, 5) is 24.6. The van der Waals surface area contributed by atoms with Crippen LogP contribution in [0.2, 0.25) is 0 Å². The van der Waals surface area contributed by atoms with E-state index in [0.717, 1.165) is 0 Å². The van der Waals surface area contributed by atoms with Crippen LogP contribution < -0.4 is 0 Å². The van der Waals surface area contributed by atoms with Gasteiger partial charge in [0.2, 0.25) is 6.10 Å². The summed E-state index contributed by atoms with van der Waals surface area (Å²) in [5, 5.41) is 10.0. The van der Waals surface area contributed by atoms with Crippen LogP contribution in [-0.2, 0) is 23.7 Å². The molecule has 150 valence electrons. The lowest BCUT2D eigenvalue weighted by Gasteiger charge is -2.44. The first-order valence-electron chi connectivity index (χ1n) is 8.56. The molecule has 1 heterocycles. The molecule has 1 aromatic rings. The highest BCUT2D eigenvalue weighted by Crippen LogP contribution is 2.36. The lowest BCUT2D eigenvalue weighted by Crippen LogP contribution is -2.65. The Morgan fingerprint density at radius 1 is 1.15 bits per heavy atom. The van der Waals surface area contributed by atoms with Crippen molar-refractivity contribution in [2.45, 2.75) is 58.2 Å². The van der Waals surface area contributed by atoms with Crippen molar-refractivity contribution in [3.63, 3.8) is 0 Å². The monoisotopic (exact) mass is 384 g/mol. The van der Waals surface area contributed by atoms with Crippen molar-refractivity contribution in [1.82, 2.24) is 0 Å². The molecule has 7 nitrogen and oxygen atoms in total. The lowest BCUT2D eigenvalue weighted by atomic mass is 9.95. The van der Waals surface area contributed by atoms with E-state index in [2.05, 4.69) is 0 Å². The van der Waals surface area contributed by atoms with Crippen molar-refractivity contribution in [3.8, 4) is 0 Å². The molecule has 0 amide bonds. The molecular weight excluding hydrogens is 359 g/mol. The van der Waals surface area contributed by atoms with E-state index in [1.165, 1.54) is 14.0 Å². The molecule has 8 heteroatoms. The summed E-state index contributed by atoms with van der Waals surface area (Å²) in [6.07, 6.45) is -5.28. The Labute approximate surface area is 157 Å². The van der Waals surface area contributed by atoms with Crippen molar-refractivity contribution >= 4 is 11.9 Å². The maximum absolute atomic E-state index is 14.6. The molecule has 1 fully saturated rings. The normalized spacial score (nSPS) is 31.2. The number of esters is 2. The van der Waals surface area contributed by atoms with E-state index in [-0.39, 0.29) is 5.56 Å². The zero-order chi connectivity index (χ0) is 20.4. The highest BCUT2D eigenvalue weighted by atomic mass is 19.2. The highest BCUT2D eigenvalue weighted by Gasteiger charge is 2.58. The van der Waals surface area contributed by atoms with Crippen LogP contribution in [0.25, 0.3) is 0 Å². The van der Waals surface area contributed by atoms with Gasteiger partial charge in [0.25, 0.3) is 0 Å². The molecule has 2 rings (SSSR count). The van der Waals surface area contributed by atoms with E-state index < -0.39 is 47.8 Å². The molecule has 5 atom stereocenters. The zero-order valence-corrected chi connectivity index (χ0v) is 16.0. The molecule has 0 radical (unpaired) electrons. The number of carbonyl (C=O) groups is 2. The van der Waals surface area contributed by atoms with Crippen LogP contribution in [0.3, 0.4) is 0 Å².